The number of allylic oxidation sites excluding steroid dienone is 8. The van der Waals surface area contributed by atoms with Gasteiger partial charge in [0, 0.05) is 0 Å². The first-order chi connectivity index (χ1) is 7.27. The summed E-state index contributed by atoms with van der Waals surface area (Å²) in [7, 11) is 0. The van der Waals surface area contributed by atoms with Gasteiger partial charge in [-0.05, 0) is 42.7 Å². The molecular weight excluding hydrogens is 180 g/mol. The average Bonchev–Trinajstić information content (AvgIpc) is 2.30. The highest BCUT2D eigenvalue weighted by Gasteiger charge is 2.11. The monoisotopic (exact) mass is 200 g/mol. The van der Waals surface area contributed by atoms with E-state index in [9.17, 15) is 0 Å². The molecule has 80 valence electrons. The van der Waals surface area contributed by atoms with Crippen molar-refractivity contribution in [3.8, 4) is 0 Å². The van der Waals surface area contributed by atoms with Crippen LogP contribution in [-0.4, -0.2) is 0 Å². The third kappa shape index (κ3) is 2.50. The molecule has 15 heavy (non-hydrogen) atoms. The van der Waals surface area contributed by atoms with Crippen LogP contribution in [0.25, 0.3) is 0 Å². The first kappa shape index (κ1) is 10.5. The fourth-order valence-corrected chi connectivity index (χ4v) is 2.23. The molecule has 2 rings (SSSR count). The van der Waals surface area contributed by atoms with Crippen molar-refractivity contribution in [2.24, 2.45) is 5.92 Å². The van der Waals surface area contributed by atoms with Crippen LogP contribution in [0.1, 0.15) is 39.5 Å². The molecule has 0 saturated carbocycles. The second-order valence-corrected chi connectivity index (χ2v) is 4.73. The molecule has 0 aliphatic heterocycles. The van der Waals surface area contributed by atoms with Gasteiger partial charge in [0.15, 0.2) is 0 Å². The van der Waals surface area contributed by atoms with E-state index in [1.165, 1.54) is 36.8 Å². The van der Waals surface area contributed by atoms with E-state index in [4.69, 9.17) is 0 Å². The zero-order valence-corrected chi connectivity index (χ0v) is 9.79. The molecule has 0 aromatic carbocycles. The number of rotatable bonds is 2. The zero-order chi connectivity index (χ0) is 10.7. The summed E-state index contributed by atoms with van der Waals surface area (Å²) < 4.78 is 0. The van der Waals surface area contributed by atoms with Crippen molar-refractivity contribution in [2.75, 3.05) is 0 Å². The summed E-state index contributed by atoms with van der Waals surface area (Å²) in [5.41, 5.74) is 4.58. The molecule has 0 N–H and O–H groups in total. The summed E-state index contributed by atoms with van der Waals surface area (Å²) >= 11 is 0. The van der Waals surface area contributed by atoms with Gasteiger partial charge in [0.25, 0.3) is 0 Å². The van der Waals surface area contributed by atoms with Crippen molar-refractivity contribution >= 4 is 0 Å². The van der Waals surface area contributed by atoms with E-state index < -0.39 is 0 Å². The predicted molar refractivity (Wildman–Crippen MR) is 66.7 cm³/mol. The molecule has 0 heteroatoms. The molecule has 0 heterocycles. The van der Waals surface area contributed by atoms with Gasteiger partial charge < -0.3 is 0 Å². The van der Waals surface area contributed by atoms with Crippen LogP contribution >= 0.6 is 0 Å². The van der Waals surface area contributed by atoms with Crippen molar-refractivity contribution in [1.29, 1.82) is 0 Å². The van der Waals surface area contributed by atoms with Crippen LogP contribution in [0.3, 0.4) is 0 Å². The zero-order valence-electron chi connectivity index (χ0n) is 9.79. The smallest absolute Gasteiger partial charge is 0.0235 e. The average molecular weight is 200 g/mol. The summed E-state index contributed by atoms with van der Waals surface area (Å²) in [6, 6.07) is 0. The van der Waals surface area contributed by atoms with Crippen LogP contribution in [-0.2, 0) is 0 Å². The predicted octanol–water partition coefficient (Wildman–Crippen LogP) is 4.57. The molecule has 2 aliphatic rings. The number of hydrogen-bond acceptors (Lipinski definition) is 0. The molecule has 0 radical (unpaired) electrons. The van der Waals surface area contributed by atoms with Gasteiger partial charge in [-0.2, -0.15) is 0 Å². The van der Waals surface area contributed by atoms with E-state index in [0.29, 0.717) is 5.92 Å². The molecular formula is C15H20. The summed E-state index contributed by atoms with van der Waals surface area (Å²) in [6.07, 6.45) is 16.5. The second-order valence-electron chi connectivity index (χ2n) is 4.73. The normalized spacial score (nSPS) is 21.1. The van der Waals surface area contributed by atoms with E-state index in [1.807, 2.05) is 0 Å². The molecule has 0 saturated heterocycles. The van der Waals surface area contributed by atoms with E-state index >= 15 is 0 Å². The van der Waals surface area contributed by atoms with E-state index in [0.717, 1.165) is 0 Å². The lowest BCUT2D eigenvalue weighted by Gasteiger charge is -2.19. The molecule has 0 nitrogen and oxygen atoms in total. The molecule has 0 amide bonds. The Balaban J connectivity index is 2.13. The molecule has 2 aliphatic carbocycles. The maximum atomic E-state index is 2.38. The van der Waals surface area contributed by atoms with Crippen LogP contribution < -0.4 is 0 Å². The second kappa shape index (κ2) is 4.65. The maximum absolute atomic E-state index is 2.38. The Morgan fingerprint density at radius 2 is 1.93 bits per heavy atom. The summed E-state index contributed by atoms with van der Waals surface area (Å²) in [5, 5.41) is 0. The summed E-state index contributed by atoms with van der Waals surface area (Å²) in [5.74, 6) is 0.707. The molecule has 0 aromatic rings. The van der Waals surface area contributed by atoms with Crippen molar-refractivity contribution in [3.63, 3.8) is 0 Å². The van der Waals surface area contributed by atoms with Gasteiger partial charge in [0.1, 0.15) is 0 Å². The maximum Gasteiger partial charge on any atom is -0.0235 e. The Kier molecular flexibility index (Phi) is 3.25. The van der Waals surface area contributed by atoms with Crippen LogP contribution in [0, 0.1) is 5.92 Å². The molecule has 0 aromatic heterocycles. The van der Waals surface area contributed by atoms with Gasteiger partial charge in [-0.25, -0.2) is 0 Å². The lowest BCUT2D eigenvalue weighted by Crippen LogP contribution is -2.01. The Labute approximate surface area is 93.1 Å². The highest BCUT2D eigenvalue weighted by molar-refractivity contribution is 5.45. The topological polar surface area (TPSA) is 0 Å². The third-order valence-corrected chi connectivity index (χ3v) is 3.29. The summed E-state index contributed by atoms with van der Waals surface area (Å²) in [4.78, 5) is 0. The van der Waals surface area contributed by atoms with Gasteiger partial charge in [0.2, 0.25) is 0 Å². The minimum Gasteiger partial charge on any atom is -0.0836 e. The fourth-order valence-electron chi connectivity index (χ4n) is 2.23. The highest BCUT2D eigenvalue weighted by Crippen LogP contribution is 2.29. The Hall–Kier alpha value is -1.04. The largest absolute Gasteiger partial charge is 0.0836 e. The van der Waals surface area contributed by atoms with E-state index in [2.05, 4.69) is 44.2 Å². The van der Waals surface area contributed by atoms with Crippen LogP contribution in [0.5, 0.6) is 0 Å². The van der Waals surface area contributed by atoms with Gasteiger partial charge in [-0.3, -0.25) is 0 Å². The minimum absolute atomic E-state index is 0.707. The van der Waals surface area contributed by atoms with Crippen molar-refractivity contribution in [2.45, 2.75) is 39.5 Å². The SMILES string of the molecule is CC(C)C1=CC=C(C2=CCCC=C2)CC1. The third-order valence-electron chi connectivity index (χ3n) is 3.29. The van der Waals surface area contributed by atoms with E-state index in [1.54, 1.807) is 5.57 Å². The van der Waals surface area contributed by atoms with Crippen molar-refractivity contribution < 1.29 is 0 Å². The van der Waals surface area contributed by atoms with Gasteiger partial charge in [-0.15, -0.1) is 0 Å². The Morgan fingerprint density at radius 3 is 2.47 bits per heavy atom. The van der Waals surface area contributed by atoms with E-state index in [-0.39, 0.29) is 0 Å². The van der Waals surface area contributed by atoms with Gasteiger partial charge in [0.05, 0.1) is 0 Å². The van der Waals surface area contributed by atoms with Gasteiger partial charge in [-0.1, -0.05) is 49.8 Å². The molecule has 0 fully saturated rings. The highest BCUT2D eigenvalue weighted by atomic mass is 14.2. The minimum atomic E-state index is 0.707. The van der Waals surface area contributed by atoms with Crippen LogP contribution in [0.4, 0.5) is 0 Å². The van der Waals surface area contributed by atoms with Crippen LogP contribution in [0.15, 0.2) is 47.1 Å². The standard InChI is InChI=1S/C15H20/c1-12(2)13-8-10-15(11-9-13)14-6-4-3-5-7-14/h4,6-8,10,12H,3,5,9,11H2,1-2H3. The molecule has 0 unspecified atom stereocenters. The Bertz CT molecular complexity index is 348. The first-order valence-electron chi connectivity index (χ1n) is 6.04. The first-order valence-corrected chi connectivity index (χ1v) is 6.04. The van der Waals surface area contributed by atoms with Crippen molar-refractivity contribution in [3.05, 3.63) is 47.1 Å². The number of hydrogen-bond donors (Lipinski definition) is 0. The lowest BCUT2D eigenvalue weighted by atomic mass is 9.87. The molecule has 0 atom stereocenters. The van der Waals surface area contributed by atoms with Gasteiger partial charge >= 0.3 is 0 Å². The summed E-state index contributed by atoms with van der Waals surface area (Å²) in [6.45, 7) is 4.56. The quantitative estimate of drug-likeness (QED) is 0.612. The van der Waals surface area contributed by atoms with Crippen molar-refractivity contribution in [1.82, 2.24) is 0 Å². The Morgan fingerprint density at radius 1 is 1.07 bits per heavy atom. The molecule has 0 bridgehead atoms. The fraction of sp³-hybridized carbons (Fsp3) is 0.467. The van der Waals surface area contributed by atoms with Crippen LogP contribution in [0.2, 0.25) is 0 Å². The lowest BCUT2D eigenvalue weighted by molar-refractivity contribution is 0.702. The molecule has 0 spiro atoms.